The minimum Gasteiger partial charge on any atom is -0.271 e. The molecule has 1 saturated heterocycles. The van der Waals surface area contributed by atoms with Gasteiger partial charge in [0.05, 0.1) is 17.4 Å². The molecular formula is C35H34N6O3. The molecule has 0 spiro atoms. The molecule has 2 fully saturated rings. The third-order valence-electron chi connectivity index (χ3n) is 9.04. The van der Waals surface area contributed by atoms with Crippen molar-refractivity contribution in [2.75, 3.05) is 11.4 Å². The first-order chi connectivity index (χ1) is 21.3. The number of rotatable bonds is 5. The van der Waals surface area contributed by atoms with Crippen LogP contribution in [0.5, 0.6) is 0 Å². The number of hydrogen-bond acceptors (Lipinski definition) is 7. The van der Waals surface area contributed by atoms with Crippen LogP contribution in [-0.4, -0.2) is 52.1 Å². The summed E-state index contributed by atoms with van der Waals surface area (Å²) in [6, 6.07) is 21.7. The highest BCUT2D eigenvalue weighted by Crippen LogP contribution is 2.45. The Morgan fingerprint density at radius 1 is 0.841 bits per heavy atom. The summed E-state index contributed by atoms with van der Waals surface area (Å²) >= 11 is 0. The first kappa shape index (κ1) is 27.9. The van der Waals surface area contributed by atoms with Crippen molar-refractivity contribution >= 4 is 35.2 Å². The first-order valence-corrected chi connectivity index (χ1v) is 15.1. The lowest BCUT2D eigenvalue weighted by molar-refractivity contribution is -0.136. The molecular weight excluding hydrogens is 552 g/mol. The molecule has 3 aromatic carbocycles. The van der Waals surface area contributed by atoms with Gasteiger partial charge in [0.2, 0.25) is 0 Å². The largest absolute Gasteiger partial charge is 0.271 e. The summed E-state index contributed by atoms with van der Waals surface area (Å²) in [6.07, 6.45) is 4.99. The quantitative estimate of drug-likeness (QED) is 0.357. The predicted molar refractivity (Wildman–Crippen MR) is 168 cm³/mol. The maximum absolute atomic E-state index is 14.1. The summed E-state index contributed by atoms with van der Waals surface area (Å²) in [7, 11) is 0. The van der Waals surface area contributed by atoms with E-state index in [1.54, 1.807) is 17.1 Å². The van der Waals surface area contributed by atoms with Gasteiger partial charge in [0.25, 0.3) is 17.7 Å². The van der Waals surface area contributed by atoms with Crippen LogP contribution in [0.25, 0.3) is 6.08 Å². The van der Waals surface area contributed by atoms with Crippen LogP contribution in [0.15, 0.2) is 93.8 Å². The number of allylic oxidation sites excluding steroid dienone is 1. The van der Waals surface area contributed by atoms with Gasteiger partial charge in [-0.25, -0.2) is 9.91 Å². The summed E-state index contributed by atoms with van der Waals surface area (Å²) in [5, 5.41) is 16.2. The Morgan fingerprint density at radius 3 is 2.16 bits per heavy atom. The number of fused-ring (bicyclic) bond motifs is 2. The number of benzene rings is 3. The molecule has 0 bridgehead atoms. The third kappa shape index (κ3) is 4.82. The van der Waals surface area contributed by atoms with Gasteiger partial charge in [0.1, 0.15) is 6.54 Å². The van der Waals surface area contributed by atoms with Crippen LogP contribution in [0.2, 0.25) is 0 Å². The SMILES string of the molecule is Cc1ccc(/C=C2\CCC[C@@H]3C2=NN(C(=O)CN2N=N[C@@H]4C(=O)N(c5ccc(C)cc5)C(=O)[C@H]42)[C@@H]3c2ccc(C)cc2)cc1. The number of amides is 3. The van der Waals surface area contributed by atoms with Crippen LogP contribution in [0, 0.1) is 26.7 Å². The molecule has 9 nitrogen and oxygen atoms in total. The summed E-state index contributed by atoms with van der Waals surface area (Å²) in [6.45, 7) is 5.84. The first-order valence-electron chi connectivity index (χ1n) is 15.1. The fourth-order valence-electron chi connectivity index (χ4n) is 6.68. The van der Waals surface area contributed by atoms with Gasteiger partial charge in [-0.1, -0.05) is 82.6 Å². The highest BCUT2D eigenvalue weighted by atomic mass is 16.2. The summed E-state index contributed by atoms with van der Waals surface area (Å²) < 4.78 is 0. The van der Waals surface area contributed by atoms with E-state index in [0.717, 1.165) is 57.7 Å². The fraction of sp³-hybridized carbons (Fsp3) is 0.314. The van der Waals surface area contributed by atoms with E-state index in [1.807, 2.05) is 26.0 Å². The van der Waals surface area contributed by atoms with Crippen LogP contribution in [0.4, 0.5) is 5.69 Å². The van der Waals surface area contributed by atoms with Gasteiger partial charge in [-0.15, -0.1) is 0 Å². The smallest absolute Gasteiger partial charge is 0.264 e. The second kappa shape index (κ2) is 11.0. The zero-order chi connectivity index (χ0) is 30.5. The Bertz CT molecular complexity index is 1730. The second-order valence-corrected chi connectivity index (χ2v) is 12.2. The van der Waals surface area contributed by atoms with Crippen molar-refractivity contribution in [3.8, 4) is 0 Å². The predicted octanol–water partition coefficient (Wildman–Crippen LogP) is 5.73. The Labute approximate surface area is 256 Å². The molecule has 3 aromatic rings. The number of imide groups is 1. The number of hydrogen-bond donors (Lipinski definition) is 0. The van der Waals surface area contributed by atoms with Crippen molar-refractivity contribution in [2.24, 2.45) is 21.4 Å². The monoisotopic (exact) mass is 586 g/mol. The van der Waals surface area contributed by atoms with Crippen molar-refractivity contribution < 1.29 is 14.4 Å². The molecule has 7 rings (SSSR count). The van der Waals surface area contributed by atoms with Crippen LogP contribution < -0.4 is 4.90 Å². The van der Waals surface area contributed by atoms with E-state index in [9.17, 15) is 14.4 Å². The van der Waals surface area contributed by atoms with E-state index in [2.05, 4.69) is 71.9 Å². The van der Waals surface area contributed by atoms with E-state index in [0.29, 0.717) is 5.69 Å². The minimum absolute atomic E-state index is 0.0479. The molecule has 0 radical (unpaired) electrons. The molecule has 4 atom stereocenters. The van der Waals surface area contributed by atoms with Gasteiger partial charge in [0.15, 0.2) is 12.1 Å². The standard InChI is InChI=1S/C35H34N6O3/c1-21-7-13-24(14-8-21)19-26-5-4-6-28-30(26)37-41(32(28)25-15-9-22(2)10-16-25)29(42)20-39-33-31(36-38-39)34(43)40(35(33)44)27-17-11-23(3)12-18-27/h7-19,28,31-33H,4-6,20H2,1-3H3/b26-19+/t28-,31+,32-,33+/m1/s1. The number of carbonyl (C=O) groups excluding carboxylic acids is 3. The van der Waals surface area contributed by atoms with Crippen molar-refractivity contribution in [3.05, 3.63) is 106 Å². The lowest BCUT2D eigenvalue weighted by Crippen LogP contribution is -2.45. The van der Waals surface area contributed by atoms with Crippen LogP contribution >= 0.6 is 0 Å². The number of carbonyl (C=O) groups is 3. The van der Waals surface area contributed by atoms with Crippen molar-refractivity contribution in [1.29, 1.82) is 0 Å². The van der Waals surface area contributed by atoms with Crippen molar-refractivity contribution in [1.82, 2.24) is 10.0 Å². The van der Waals surface area contributed by atoms with Gasteiger partial charge in [0, 0.05) is 5.92 Å². The summed E-state index contributed by atoms with van der Waals surface area (Å²) in [5.74, 6) is -1.10. The zero-order valence-corrected chi connectivity index (χ0v) is 25.1. The Balaban J connectivity index is 1.18. The molecule has 3 aliphatic heterocycles. The Morgan fingerprint density at radius 2 is 1.48 bits per heavy atom. The average molecular weight is 587 g/mol. The number of nitrogens with zero attached hydrogens (tertiary/aromatic N) is 6. The molecule has 1 aliphatic carbocycles. The topological polar surface area (TPSA) is 98.0 Å². The molecule has 44 heavy (non-hydrogen) atoms. The highest BCUT2D eigenvalue weighted by Gasteiger charge is 2.55. The summed E-state index contributed by atoms with van der Waals surface area (Å²) in [5.41, 5.74) is 8.06. The molecule has 0 N–H and O–H groups in total. The molecule has 0 aromatic heterocycles. The van der Waals surface area contributed by atoms with Gasteiger partial charge < -0.3 is 0 Å². The van der Waals surface area contributed by atoms with Gasteiger partial charge in [-0.3, -0.25) is 19.4 Å². The van der Waals surface area contributed by atoms with Crippen molar-refractivity contribution in [3.63, 3.8) is 0 Å². The number of hydrazone groups is 1. The maximum Gasteiger partial charge on any atom is 0.264 e. The zero-order valence-electron chi connectivity index (χ0n) is 25.1. The molecule has 1 saturated carbocycles. The summed E-state index contributed by atoms with van der Waals surface area (Å²) in [4.78, 5) is 42.0. The van der Waals surface area contributed by atoms with Crippen LogP contribution in [0.3, 0.4) is 0 Å². The normalized spacial score (nSPS) is 25.1. The average Bonchev–Trinajstić information content (AvgIpc) is 3.69. The van der Waals surface area contributed by atoms with Gasteiger partial charge in [-0.2, -0.15) is 10.2 Å². The Kier molecular flexibility index (Phi) is 6.95. The highest BCUT2D eigenvalue weighted by molar-refractivity contribution is 6.25. The lowest BCUT2D eigenvalue weighted by atomic mass is 9.77. The minimum atomic E-state index is -0.971. The van der Waals surface area contributed by atoms with E-state index in [-0.39, 0.29) is 24.4 Å². The molecule has 0 unspecified atom stereocenters. The van der Waals surface area contributed by atoms with Gasteiger partial charge >= 0.3 is 0 Å². The Hall–Kier alpha value is -4.92. The molecule has 9 heteroatoms. The fourth-order valence-corrected chi connectivity index (χ4v) is 6.68. The maximum atomic E-state index is 14.1. The second-order valence-electron chi connectivity index (χ2n) is 12.2. The van der Waals surface area contributed by atoms with Gasteiger partial charge in [-0.05, 0) is 74.9 Å². The van der Waals surface area contributed by atoms with E-state index in [1.165, 1.54) is 10.6 Å². The molecule has 4 aliphatic rings. The van der Waals surface area contributed by atoms with Crippen molar-refractivity contribution in [2.45, 2.75) is 58.2 Å². The van der Waals surface area contributed by atoms with Crippen LogP contribution in [0.1, 0.15) is 53.1 Å². The molecule has 3 amide bonds. The van der Waals surface area contributed by atoms with Crippen LogP contribution in [-0.2, 0) is 14.4 Å². The van der Waals surface area contributed by atoms with E-state index in [4.69, 9.17) is 5.10 Å². The number of anilines is 1. The molecule has 222 valence electrons. The molecule has 3 heterocycles. The van der Waals surface area contributed by atoms with E-state index < -0.39 is 23.9 Å². The van der Waals surface area contributed by atoms with E-state index >= 15 is 0 Å². The lowest BCUT2D eigenvalue weighted by Gasteiger charge is -2.30. The third-order valence-corrected chi connectivity index (χ3v) is 9.04. The number of aryl methyl sites for hydroxylation is 3.